The van der Waals surface area contributed by atoms with Gasteiger partial charge in [0.25, 0.3) is 0 Å². The van der Waals surface area contributed by atoms with Gasteiger partial charge in [-0.2, -0.15) is 0 Å². The van der Waals surface area contributed by atoms with Crippen LogP contribution < -0.4 is 0 Å². The SMILES string of the molecule is C=C(C)C(=O)OC=CCCCCCCCCCC. The van der Waals surface area contributed by atoms with Gasteiger partial charge < -0.3 is 4.74 Å². The molecule has 18 heavy (non-hydrogen) atoms. The summed E-state index contributed by atoms with van der Waals surface area (Å²) in [6.45, 7) is 7.41. The summed E-state index contributed by atoms with van der Waals surface area (Å²) in [5.74, 6) is -0.345. The van der Waals surface area contributed by atoms with Gasteiger partial charge in [0.1, 0.15) is 0 Å². The highest BCUT2D eigenvalue weighted by Crippen LogP contribution is 2.09. The molecule has 2 heteroatoms. The summed E-state index contributed by atoms with van der Waals surface area (Å²) in [6.07, 6.45) is 14.9. The first-order valence-corrected chi connectivity index (χ1v) is 7.20. The standard InChI is InChI=1S/C16H28O2/c1-4-5-6-7-8-9-10-11-12-13-14-18-16(17)15(2)3/h13-14H,2,4-12H2,1,3H3. The third-order valence-electron chi connectivity index (χ3n) is 2.84. The molecule has 104 valence electrons. The number of carbonyl (C=O) groups excluding carboxylic acids is 1. The molecule has 0 N–H and O–H groups in total. The molecule has 0 aromatic carbocycles. The molecule has 0 rings (SSSR count). The molecule has 0 atom stereocenters. The summed E-state index contributed by atoms with van der Waals surface area (Å²) in [4.78, 5) is 11.0. The Morgan fingerprint density at radius 2 is 1.61 bits per heavy atom. The number of carbonyl (C=O) groups is 1. The molecule has 0 spiro atoms. The van der Waals surface area contributed by atoms with Crippen molar-refractivity contribution in [3.8, 4) is 0 Å². The maximum atomic E-state index is 11.0. The topological polar surface area (TPSA) is 26.3 Å². The Kier molecular flexibility index (Phi) is 11.7. The highest BCUT2D eigenvalue weighted by Gasteiger charge is 1.98. The van der Waals surface area contributed by atoms with E-state index in [0.717, 1.165) is 6.42 Å². The van der Waals surface area contributed by atoms with E-state index in [1.54, 1.807) is 6.92 Å². The van der Waals surface area contributed by atoms with Crippen LogP contribution >= 0.6 is 0 Å². The first kappa shape index (κ1) is 16.9. The summed E-state index contributed by atoms with van der Waals surface area (Å²) >= 11 is 0. The molecular weight excluding hydrogens is 224 g/mol. The molecule has 0 aliphatic carbocycles. The molecule has 0 bridgehead atoms. The minimum absolute atomic E-state index is 0.345. The number of allylic oxidation sites excluding steroid dienone is 1. The first-order valence-electron chi connectivity index (χ1n) is 7.20. The molecular formula is C16H28O2. The average Bonchev–Trinajstić information content (AvgIpc) is 2.35. The van der Waals surface area contributed by atoms with Crippen molar-refractivity contribution in [3.63, 3.8) is 0 Å². The molecule has 0 heterocycles. The highest BCUT2D eigenvalue weighted by atomic mass is 16.5. The van der Waals surface area contributed by atoms with E-state index in [4.69, 9.17) is 4.74 Å². The van der Waals surface area contributed by atoms with Crippen molar-refractivity contribution in [3.05, 3.63) is 24.5 Å². The predicted octanol–water partition coefficient (Wildman–Crippen LogP) is 5.15. The van der Waals surface area contributed by atoms with E-state index in [1.165, 1.54) is 57.6 Å². The van der Waals surface area contributed by atoms with Crippen LogP contribution in [-0.4, -0.2) is 5.97 Å². The van der Waals surface area contributed by atoms with Crippen LogP contribution in [0.15, 0.2) is 24.5 Å². The largest absolute Gasteiger partial charge is 0.431 e. The molecule has 0 unspecified atom stereocenters. The smallest absolute Gasteiger partial charge is 0.337 e. The van der Waals surface area contributed by atoms with E-state index < -0.39 is 0 Å². The zero-order valence-electron chi connectivity index (χ0n) is 12.0. The summed E-state index contributed by atoms with van der Waals surface area (Å²) < 4.78 is 4.86. The second kappa shape index (κ2) is 12.4. The van der Waals surface area contributed by atoms with Crippen LogP contribution in [-0.2, 0) is 9.53 Å². The molecule has 0 aromatic rings. The fourth-order valence-corrected chi connectivity index (χ4v) is 1.67. The van der Waals surface area contributed by atoms with Crippen LogP contribution in [0.3, 0.4) is 0 Å². The average molecular weight is 252 g/mol. The van der Waals surface area contributed by atoms with Gasteiger partial charge in [0.2, 0.25) is 0 Å². The van der Waals surface area contributed by atoms with Gasteiger partial charge in [-0.15, -0.1) is 0 Å². The van der Waals surface area contributed by atoms with Crippen LogP contribution in [0, 0.1) is 0 Å². The lowest BCUT2D eigenvalue weighted by Gasteiger charge is -2.00. The number of unbranched alkanes of at least 4 members (excludes halogenated alkanes) is 8. The highest BCUT2D eigenvalue weighted by molar-refractivity contribution is 5.87. The Morgan fingerprint density at radius 3 is 2.17 bits per heavy atom. The molecule has 0 saturated heterocycles. The zero-order valence-corrected chi connectivity index (χ0v) is 12.0. The van der Waals surface area contributed by atoms with E-state index >= 15 is 0 Å². The van der Waals surface area contributed by atoms with Crippen molar-refractivity contribution in [1.82, 2.24) is 0 Å². The van der Waals surface area contributed by atoms with E-state index in [2.05, 4.69) is 13.5 Å². The number of hydrogen-bond acceptors (Lipinski definition) is 2. The summed E-state index contributed by atoms with van der Waals surface area (Å²) in [5.41, 5.74) is 0.437. The van der Waals surface area contributed by atoms with Gasteiger partial charge in [0.05, 0.1) is 6.26 Å². The van der Waals surface area contributed by atoms with Crippen molar-refractivity contribution >= 4 is 5.97 Å². The van der Waals surface area contributed by atoms with Gasteiger partial charge >= 0.3 is 5.97 Å². The van der Waals surface area contributed by atoms with Crippen LogP contribution in [0.4, 0.5) is 0 Å². The summed E-state index contributed by atoms with van der Waals surface area (Å²) in [6, 6.07) is 0. The third kappa shape index (κ3) is 11.4. The van der Waals surface area contributed by atoms with Crippen molar-refractivity contribution in [1.29, 1.82) is 0 Å². The minimum atomic E-state index is -0.345. The lowest BCUT2D eigenvalue weighted by molar-refractivity contribution is -0.133. The van der Waals surface area contributed by atoms with Gasteiger partial charge in [-0.3, -0.25) is 0 Å². The first-order chi connectivity index (χ1) is 8.68. The van der Waals surface area contributed by atoms with Crippen LogP contribution in [0.2, 0.25) is 0 Å². The molecule has 2 nitrogen and oxygen atoms in total. The molecule has 0 radical (unpaired) electrons. The van der Waals surface area contributed by atoms with Crippen LogP contribution in [0.1, 0.15) is 71.6 Å². The fourth-order valence-electron chi connectivity index (χ4n) is 1.67. The Balaban J connectivity index is 3.22. The molecule has 0 aliphatic rings. The number of esters is 1. The van der Waals surface area contributed by atoms with Crippen LogP contribution in [0.5, 0.6) is 0 Å². The predicted molar refractivity (Wildman–Crippen MR) is 77.3 cm³/mol. The Labute approximate surface area is 112 Å². The third-order valence-corrected chi connectivity index (χ3v) is 2.84. The van der Waals surface area contributed by atoms with Crippen molar-refractivity contribution in [2.75, 3.05) is 0 Å². The molecule has 0 amide bonds. The van der Waals surface area contributed by atoms with E-state index in [-0.39, 0.29) is 5.97 Å². The van der Waals surface area contributed by atoms with Crippen LogP contribution in [0.25, 0.3) is 0 Å². The summed E-state index contributed by atoms with van der Waals surface area (Å²) in [7, 11) is 0. The molecule has 0 aliphatic heterocycles. The van der Waals surface area contributed by atoms with Crippen molar-refractivity contribution in [2.24, 2.45) is 0 Å². The lowest BCUT2D eigenvalue weighted by Crippen LogP contribution is -1.98. The minimum Gasteiger partial charge on any atom is -0.431 e. The maximum Gasteiger partial charge on any atom is 0.337 e. The van der Waals surface area contributed by atoms with E-state index in [0.29, 0.717) is 5.57 Å². The van der Waals surface area contributed by atoms with Gasteiger partial charge in [0, 0.05) is 5.57 Å². The zero-order chi connectivity index (χ0) is 13.6. The molecule has 0 aromatic heterocycles. The lowest BCUT2D eigenvalue weighted by atomic mass is 10.1. The van der Waals surface area contributed by atoms with E-state index in [9.17, 15) is 4.79 Å². The fraction of sp³-hybridized carbons (Fsp3) is 0.688. The second-order valence-corrected chi connectivity index (χ2v) is 4.82. The van der Waals surface area contributed by atoms with E-state index in [1.807, 2.05) is 6.08 Å². The number of rotatable bonds is 11. The second-order valence-electron chi connectivity index (χ2n) is 4.82. The number of ether oxygens (including phenoxy) is 1. The number of hydrogen-bond donors (Lipinski definition) is 0. The quantitative estimate of drug-likeness (QED) is 0.220. The summed E-state index contributed by atoms with van der Waals surface area (Å²) in [5, 5.41) is 0. The van der Waals surface area contributed by atoms with Gasteiger partial charge in [-0.25, -0.2) is 4.79 Å². The molecule has 0 saturated carbocycles. The van der Waals surface area contributed by atoms with Crippen molar-refractivity contribution in [2.45, 2.75) is 71.6 Å². The van der Waals surface area contributed by atoms with Gasteiger partial charge in [-0.1, -0.05) is 58.4 Å². The monoisotopic (exact) mass is 252 g/mol. The normalized spacial score (nSPS) is 10.8. The Bertz CT molecular complexity index is 254. The molecule has 0 fully saturated rings. The van der Waals surface area contributed by atoms with Crippen molar-refractivity contribution < 1.29 is 9.53 Å². The Morgan fingerprint density at radius 1 is 1.06 bits per heavy atom. The Hall–Kier alpha value is -1.05. The van der Waals surface area contributed by atoms with Gasteiger partial charge in [0.15, 0.2) is 0 Å². The van der Waals surface area contributed by atoms with Gasteiger partial charge in [-0.05, 0) is 25.8 Å². The maximum absolute atomic E-state index is 11.0.